The molecule has 1 aromatic carbocycles. The summed E-state index contributed by atoms with van der Waals surface area (Å²) < 4.78 is 12.0. The molecular formula is C22H31N3O2. The van der Waals surface area contributed by atoms with E-state index in [1.165, 1.54) is 5.56 Å². The monoisotopic (exact) mass is 369 g/mol. The Hall–Kier alpha value is -1.98. The van der Waals surface area contributed by atoms with E-state index in [9.17, 15) is 0 Å². The highest BCUT2D eigenvalue weighted by Gasteiger charge is 2.26. The lowest BCUT2D eigenvalue weighted by atomic mass is 10.0. The van der Waals surface area contributed by atoms with Crippen molar-refractivity contribution in [3.8, 4) is 0 Å². The second-order valence-electron chi connectivity index (χ2n) is 7.62. The van der Waals surface area contributed by atoms with Gasteiger partial charge in [-0.25, -0.2) is 9.97 Å². The molecule has 0 amide bonds. The van der Waals surface area contributed by atoms with Gasteiger partial charge in [-0.3, -0.25) is 0 Å². The van der Waals surface area contributed by atoms with E-state index in [1.54, 1.807) is 0 Å². The van der Waals surface area contributed by atoms with Crippen LogP contribution in [0.2, 0.25) is 0 Å². The smallest absolute Gasteiger partial charge is 0.133 e. The number of rotatable bonds is 7. The first-order valence-electron chi connectivity index (χ1n) is 9.93. The number of aryl methyl sites for hydroxylation is 1. The molecule has 0 spiro atoms. The van der Waals surface area contributed by atoms with E-state index in [2.05, 4.69) is 55.3 Å². The Morgan fingerprint density at radius 3 is 2.44 bits per heavy atom. The maximum atomic E-state index is 6.53. The van der Waals surface area contributed by atoms with Crippen molar-refractivity contribution in [3.05, 3.63) is 53.5 Å². The fraction of sp³-hybridized carbons (Fsp3) is 0.545. The summed E-state index contributed by atoms with van der Waals surface area (Å²) in [6.07, 6.45) is 2.07. The van der Waals surface area contributed by atoms with Gasteiger partial charge < -0.3 is 14.8 Å². The Morgan fingerprint density at radius 2 is 1.78 bits per heavy atom. The number of hydrogen-bond acceptors (Lipinski definition) is 5. The molecule has 27 heavy (non-hydrogen) atoms. The summed E-state index contributed by atoms with van der Waals surface area (Å²) in [5, 5.41) is 3.56. The Labute approximate surface area is 162 Å². The Morgan fingerprint density at radius 1 is 1.07 bits per heavy atom. The highest BCUT2D eigenvalue weighted by Crippen LogP contribution is 2.28. The number of hydrogen-bond donors (Lipinski definition) is 1. The Balaban J connectivity index is 1.79. The topological polar surface area (TPSA) is 56.3 Å². The summed E-state index contributed by atoms with van der Waals surface area (Å²) >= 11 is 0. The van der Waals surface area contributed by atoms with Gasteiger partial charge in [0.2, 0.25) is 0 Å². The molecule has 5 heteroatoms. The highest BCUT2D eigenvalue weighted by atomic mass is 16.5. The van der Waals surface area contributed by atoms with Crippen LogP contribution in [0.5, 0.6) is 0 Å². The predicted octanol–water partition coefficient (Wildman–Crippen LogP) is 4.65. The number of benzene rings is 1. The average Bonchev–Trinajstić information content (AvgIpc) is 2.67. The minimum Gasteiger partial charge on any atom is -0.381 e. The van der Waals surface area contributed by atoms with Crippen LogP contribution < -0.4 is 5.32 Å². The fourth-order valence-electron chi connectivity index (χ4n) is 3.38. The lowest BCUT2D eigenvalue weighted by Crippen LogP contribution is -2.33. The summed E-state index contributed by atoms with van der Waals surface area (Å²) in [6.45, 7) is 9.94. The molecule has 0 bridgehead atoms. The predicted molar refractivity (Wildman–Crippen MR) is 108 cm³/mol. The standard InChI is InChI=1S/C22H31N3O2/c1-15(2)22-23-16(3)14-20(25-22)24-17(4)21(18-8-6-5-7-9-18)27-19-10-12-26-13-11-19/h5-9,14-15,17,19,21H,10-13H2,1-4H3,(H,23,24,25). The molecule has 5 nitrogen and oxygen atoms in total. The number of nitrogens with zero attached hydrogens (tertiary/aromatic N) is 2. The van der Waals surface area contributed by atoms with Crippen LogP contribution in [0.25, 0.3) is 0 Å². The molecule has 2 unspecified atom stereocenters. The minimum absolute atomic E-state index is 0.0490. The van der Waals surface area contributed by atoms with Gasteiger partial charge in [-0.05, 0) is 32.3 Å². The van der Waals surface area contributed by atoms with Crippen molar-refractivity contribution in [1.82, 2.24) is 9.97 Å². The van der Waals surface area contributed by atoms with E-state index in [1.807, 2.05) is 19.1 Å². The lowest BCUT2D eigenvalue weighted by Gasteiger charge is -2.32. The Kier molecular flexibility index (Phi) is 6.80. The first-order chi connectivity index (χ1) is 13.0. The maximum Gasteiger partial charge on any atom is 0.133 e. The molecule has 2 atom stereocenters. The third kappa shape index (κ3) is 5.50. The summed E-state index contributed by atoms with van der Waals surface area (Å²) in [5.41, 5.74) is 2.16. The van der Waals surface area contributed by atoms with Gasteiger partial charge >= 0.3 is 0 Å². The number of ether oxygens (including phenoxy) is 2. The van der Waals surface area contributed by atoms with E-state index in [4.69, 9.17) is 14.5 Å². The van der Waals surface area contributed by atoms with Gasteiger partial charge in [-0.2, -0.15) is 0 Å². The molecular weight excluding hydrogens is 338 g/mol. The molecule has 1 N–H and O–H groups in total. The van der Waals surface area contributed by atoms with Gasteiger partial charge in [0.1, 0.15) is 17.7 Å². The fourth-order valence-corrected chi connectivity index (χ4v) is 3.38. The average molecular weight is 370 g/mol. The largest absolute Gasteiger partial charge is 0.381 e. The molecule has 1 aliphatic rings. The van der Waals surface area contributed by atoms with Crippen molar-refractivity contribution >= 4 is 5.82 Å². The summed E-state index contributed by atoms with van der Waals surface area (Å²) in [5.74, 6) is 2.02. The zero-order chi connectivity index (χ0) is 19.2. The number of nitrogens with one attached hydrogen (secondary N) is 1. The van der Waals surface area contributed by atoms with Crippen molar-refractivity contribution in [2.75, 3.05) is 18.5 Å². The molecule has 2 heterocycles. The highest BCUT2D eigenvalue weighted by molar-refractivity contribution is 5.38. The van der Waals surface area contributed by atoms with E-state index >= 15 is 0 Å². The Bertz CT molecular complexity index is 715. The first kappa shape index (κ1) is 19.8. The van der Waals surface area contributed by atoms with Crippen LogP contribution in [0.3, 0.4) is 0 Å². The number of anilines is 1. The summed E-state index contributed by atoms with van der Waals surface area (Å²) in [6, 6.07) is 12.5. The number of aromatic nitrogens is 2. The molecule has 146 valence electrons. The van der Waals surface area contributed by atoms with E-state index in [0.29, 0.717) is 5.92 Å². The second-order valence-corrected chi connectivity index (χ2v) is 7.62. The van der Waals surface area contributed by atoms with Crippen LogP contribution in [-0.4, -0.2) is 35.3 Å². The van der Waals surface area contributed by atoms with Crippen LogP contribution in [0.4, 0.5) is 5.82 Å². The van der Waals surface area contributed by atoms with Crippen LogP contribution >= 0.6 is 0 Å². The van der Waals surface area contributed by atoms with Crippen molar-refractivity contribution < 1.29 is 9.47 Å². The maximum absolute atomic E-state index is 6.53. The van der Waals surface area contributed by atoms with Crippen molar-refractivity contribution in [1.29, 1.82) is 0 Å². The molecule has 3 rings (SSSR count). The van der Waals surface area contributed by atoms with Crippen LogP contribution in [-0.2, 0) is 9.47 Å². The van der Waals surface area contributed by atoms with Gasteiger partial charge in [-0.15, -0.1) is 0 Å². The SMILES string of the molecule is Cc1cc(NC(C)C(OC2CCOCC2)c2ccccc2)nc(C(C)C)n1. The minimum atomic E-state index is -0.0490. The van der Waals surface area contributed by atoms with Crippen molar-refractivity contribution in [3.63, 3.8) is 0 Å². The third-order valence-electron chi connectivity index (χ3n) is 4.85. The van der Waals surface area contributed by atoms with Crippen molar-refractivity contribution in [2.24, 2.45) is 0 Å². The van der Waals surface area contributed by atoms with Crippen molar-refractivity contribution in [2.45, 2.75) is 64.7 Å². The van der Waals surface area contributed by atoms with Gasteiger partial charge in [0.25, 0.3) is 0 Å². The zero-order valence-electron chi connectivity index (χ0n) is 16.8. The van der Waals surface area contributed by atoms with Gasteiger partial charge in [0.15, 0.2) is 0 Å². The van der Waals surface area contributed by atoms with Crippen LogP contribution in [0, 0.1) is 6.92 Å². The molecule has 1 aromatic heterocycles. The third-order valence-corrected chi connectivity index (χ3v) is 4.85. The van der Waals surface area contributed by atoms with Gasteiger partial charge in [0.05, 0.1) is 12.1 Å². The summed E-state index contributed by atoms with van der Waals surface area (Å²) in [4.78, 5) is 9.24. The zero-order valence-corrected chi connectivity index (χ0v) is 16.8. The molecule has 2 aromatic rings. The molecule has 0 saturated carbocycles. The van der Waals surface area contributed by atoms with Gasteiger partial charge in [-0.1, -0.05) is 44.2 Å². The van der Waals surface area contributed by atoms with E-state index < -0.39 is 0 Å². The molecule has 0 radical (unpaired) electrons. The van der Waals surface area contributed by atoms with E-state index in [0.717, 1.165) is 43.4 Å². The van der Waals surface area contributed by atoms with Gasteiger partial charge in [0, 0.05) is 30.9 Å². The van der Waals surface area contributed by atoms with E-state index in [-0.39, 0.29) is 18.2 Å². The molecule has 1 aliphatic heterocycles. The lowest BCUT2D eigenvalue weighted by molar-refractivity contribution is -0.0739. The quantitative estimate of drug-likeness (QED) is 0.770. The molecule has 1 fully saturated rings. The first-order valence-corrected chi connectivity index (χ1v) is 9.93. The second kappa shape index (κ2) is 9.29. The summed E-state index contributed by atoms with van der Waals surface area (Å²) in [7, 11) is 0. The van der Waals surface area contributed by atoms with Crippen LogP contribution in [0.1, 0.15) is 62.7 Å². The molecule has 1 saturated heterocycles. The van der Waals surface area contributed by atoms with Crippen LogP contribution in [0.15, 0.2) is 36.4 Å². The normalized spacial score (nSPS) is 17.7. The molecule has 0 aliphatic carbocycles.